The maximum atomic E-state index is 12.8. The van der Waals surface area contributed by atoms with Crippen molar-refractivity contribution in [3.05, 3.63) is 65.1 Å². The Balaban J connectivity index is 1.31. The van der Waals surface area contributed by atoms with Crippen LogP contribution in [0.15, 0.2) is 52.9 Å². The van der Waals surface area contributed by atoms with E-state index in [9.17, 15) is 4.79 Å². The van der Waals surface area contributed by atoms with Gasteiger partial charge in [0.2, 0.25) is 0 Å². The second-order valence-electron chi connectivity index (χ2n) is 7.00. The van der Waals surface area contributed by atoms with Crippen LogP contribution in [-0.4, -0.2) is 33.9 Å². The molecular weight excluding hydrogens is 362 g/mol. The number of amides is 1. The average Bonchev–Trinajstić information content (AvgIpc) is 3.31. The lowest BCUT2D eigenvalue weighted by Crippen LogP contribution is -2.37. The van der Waals surface area contributed by atoms with E-state index in [-0.39, 0.29) is 5.91 Å². The van der Waals surface area contributed by atoms with Gasteiger partial charge in [0.25, 0.3) is 5.91 Å². The first-order valence-electron chi connectivity index (χ1n) is 9.10. The fraction of sp³-hybridized carbons (Fsp3) is 0.238. The number of halogens is 1. The summed E-state index contributed by atoms with van der Waals surface area (Å²) in [6.07, 6.45) is 1.77. The van der Waals surface area contributed by atoms with Crippen LogP contribution in [0.1, 0.15) is 35.1 Å². The number of imidazole rings is 1. The van der Waals surface area contributed by atoms with Gasteiger partial charge in [-0.15, -0.1) is 0 Å². The average molecular weight is 380 g/mol. The maximum Gasteiger partial charge on any atom is 0.289 e. The lowest BCUT2D eigenvalue weighted by molar-refractivity contribution is 0.0681. The smallest absolute Gasteiger partial charge is 0.289 e. The van der Waals surface area contributed by atoms with Gasteiger partial charge in [-0.2, -0.15) is 0 Å². The normalized spacial score (nSPS) is 15.7. The number of carbonyl (C=O) groups is 1. The molecule has 2 aromatic carbocycles. The molecule has 0 atom stereocenters. The van der Waals surface area contributed by atoms with E-state index in [2.05, 4.69) is 4.98 Å². The van der Waals surface area contributed by atoms with Crippen molar-refractivity contribution in [1.82, 2.24) is 14.9 Å². The van der Waals surface area contributed by atoms with Gasteiger partial charge in [0.05, 0.1) is 11.0 Å². The number of furan rings is 1. The second kappa shape index (κ2) is 6.43. The second-order valence-corrected chi connectivity index (χ2v) is 7.43. The number of aromatic amines is 1. The van der Waals surface area contributed by atoms with Crippen LogP contribution in [0.3, 0.4) is 0 Å². The Kier molecular flexibility index (Phi) is 3.90. The van der Waals surface area contributed by atoms with E-state index in [0.29, 0.717) is 35.4 Å². The lowest BCUT2D eigenvalue weighted by Gasteiger charge is -2.30. The number of benzene rings is 2. The van der Waals surface area contributed by atoms with Gasteiger partial charge in [0, 0.05) is 29.4 Å². The summed E-state index contributed by atoms with van der Waals surface area (Å²) >= 11 is 6.01. The SMILES string of the molecule is O=C(c1cc2cc(Cl)ccc2o1)N1CCC(c2nc3ccccc3[nH]2)CC1. The highest BCUT2D eigenvalue weighted by Gasteiger charge is 2.28. The van der Waals surface area contributed by atoms with E-state index in [0.717, 1.165) is 35.1 Å². The molecule has 1 saturated heterocycles. The molecule has 1 aliphatic heterocycles. The van der Waals surface area contributed by atoms with E-state index < -0.39 is 0 Å². The van der Waals surface area contributed by atoms with Gasteiger partial charge < -0.3 is 14.3 Å². The molecular formula is C21H18ClN3O2. The number of hydrogen-bond acceptors (Lipinski definition) is 3. The third kappa shape index (κ3) is 2.98. The summed E-state index contributed by atoms with van der Waals surface area (Å²) in [6.45, 7) is 1.39. The Morgan fingerprint density at radius 2 is 1.96 bits per heavy atom. The minimum absolute atomic E-state index is 0.0645. The molecule has 136 valence electrons. The van der Waals surface area contributed by atoms with Gasteiger partial charge in [0.15, 0.2) is 5.76 Å². The highest BCUT2D eigenvalue weighted by molar-refractivity contribution is 6.31. The number of likely N-dealkylation sites (tertiary alicyclic amines) is 1. The van der Waals surface area contributed by atoms with E-state index in [1.54, 1.807) is 18.2 Å². The maximum absolute atomic E-state index is 12.8. The van der Waals surface area contributed by atoms with E-state index in [1.807, 2.05) is 35.2 Å². The number of para-hydroxylation sites is 2. The van der Waals surface area contributed by atoms with Crippen molar-refractivity contribution in [1.29, 1.82) is 0 Å². The van der Waals surface area contributed by atoms with Gasteiger partial charge in [-0.05, 0) is 49.2 Å². The molecule has 2 aromatic heterocycles. The Bertz CT molecular complexity index is 1110. The number of piperidine rings is 1. The van der Waals surface area contributed by atoms with Gasteiger partial charge in [-0.25, -0.2) is 4.98 Å². The van der Waals surface area contributed by atoms with Crippen molar-refractivity contribution in [2.24, 2.45) is 0 Å². The Labute approximate surface area is 160 Å². The Hall–Kier alpha value is -2.79. The quantitative estimate of drug-likeness (QED) is 0.534. The van der Waals surface area contributed by atoms with Crippen molar-refractivity contribution < 1.29 is 9.21 Å². The summed E-state index contributed by atoms with van der Waals surface area (Å²) < 4.78 is 5.72. The number of aromatic nitrogens is 2. The zero-order valence-corrected chi connectivity index (χ0v) is 15.4. The van der Waals surface area contributed by atoms with Gasteiger partial charge in [0.1, 0.15) is 11.4 Å². The zero-order chi connectivity index (χ0) is 18.4. The van der Waals surface area contributed by atoms with Crippen molar-refractivity contribution in [2.45, 2.75) is 18.8 Å². The number of carbonyl (C=O) groups excluding carboxylic acids is 1. The molecule has 0 aliphatic carbocycles. The van der Waals surface area contributed by atoms with E-state index in [4.69, 9.17) is 21.0 Å². The third-order valence-corrected chi connectivity index (χ3v) is 5.50. The lowest BCUT2D eigenvalue weighted by atomic mass is 9.96. The highest BCUT2D eigenvalue weighted by Crippen LogP contribution is 2.29. The number of nitrogens with zero attached hydrogens (tertiary/aromatic N) is 2. The fourth-order valence-corrected chi connectivity index (χ4v) is 3.98. The van der Waals surface area contributed by atoms with Gasteiger partial charge in [-0.3, -0.25) is 4.79 Å². The molecule has 0 unspecified atom stereocenters. The van der Waals surface area contributed by atoms with E-state index >= 15 is 0 Å². The molecule has 0 spiro atoms. The van der Waals surface area contributed by atoms with Gasteiger partial charge >= 0.3 is 0 Å². The summed E-state index contributed by atoms with van der Waals surface area (Å²) in [5.74, 6) is 1.66. The first-order chi connectivity index (χ1) is 13.2. The summed E-state index contributed by atoms with van der Waals surface area (Å²) in [5, 5.41) is 1.48. The molecule has 5 nitrogen and oxygen atoms in total. The predicted octanol–water partition coefficient (Wildman–Crippen LogP) is 4.98. The number of nitrogens with one attached hydrogen (secondary N) is 1. The highest BCUT2D eigenvalue weighted by atomic mass is 35.5. The van der Waals surface area contributed by atoms with Crippen molar-refractivity contribution in [3.63, 3.8) is 0 Å². The first-order valence-corrected chi connectivity index (χ1v) is 9.48. The minimum atomic E-state index is -0.0645. The monoisotopic (exact) mass is 379 g/mol. The standard InChI is InChI=1S/C21H18ClN3O2/c22-15-5-6-18-14(11-15)12-19(27-18)21(26)25-9-7-13(8-10-25)20-23-16-3-1-2-4-17(16)24-20/h1-6,11-13H,7-10H2,(H,23,24). The van der Waals surface area contributed by atoms with Crippen LogP contribution in [0.2, 0.25) is 5.02 Å². The minimum Gasteiger partial charge on any atom is -0.451 e. The van der Waals surface area contributed by atoms with Crippen molar-refractivity contribution >= 4 is 39.5 Å². The summed E-state index contributed by atoms with van der Waals surface area (Å²) in [4.78, 5) is 22.8. The van der Waals surface area contributed by atoms with Gasteiger partial charge in [-0.1, -0.05) is 23.7 Å². The molecule has 27 heavy (non-hydrogen) atoms. The number of hydrogen-bond donors (Lipinski definition) is 1. The summed E-state index contributed by atoms with van der Waals surface area (Å²) in [5.41, 5.74) is 2.73. The summed E-state index contributed by atoms with van der Waals surface area (Å²) in [7, 11) is 0. The molecule has 6 heteroatoms. The number of rotatable bonds is 2. The molecule has 5 rings (SSSR count). The fourth-order valence-electron chi connectivity index (χ4n) is 3.80. The third-order valence-electron chi connectivity index (χ3n) is 5.27. The molecule has 1 aliphatic rings. The van der Waals surface area contributed by atoms with Crippen molar-refractivity contribution in [2.75, 3.05) is 13.1 Å². The Morgan fingerprint density at radius 1 is 1.15 bits per heavy atom. The largest absolute Gasteiger partial charge is 0.451 e. The molecule has 4 aromatic rings. The zero-order valence-electron chi connectivity index (χ0n) is 14.6. The molecule has 3 heterocycles. The van der Waals surface area contributed by atoms with Crippen LogP contribution in [0.25, 0.3) is 22.0 Å². The molecule has 0 saturated carbocycles. The molecule has 1 N–H and O–H groups in total. The van der Waals surface area contributed by atoms with Crippen LogP contribution in [0.4, 0.5) is 0 Å². The first kappa shape index (κ1) is 16.4. The summed E-state index contributed by atoms with van der Waals surface area (Å²) in [6, 6.07) is 15.2. The van der Waals surface area contributed by atoms with Crippen LogP contribution >= 0.6 is 11.6 Å². The van der Waals surface area contributed by atoms with Crippen molar-refractivity contribution in [3.8, 4) is 0 Å². The predicted molar refractivity (Wildman–Crippen MR) is 105 cm³/mol. The van der Waals surface area contributed by atoms with Crippen LogP contribution < -0.4 is 0 Å². The molecule has 0 radical (unpaired) electrons. The molecule has 1 fully saturated rings. The topological polar surface area (TPSA) is 62.1 Å². The molecule has 1 amide bonds. The Morgan fingerprint density at radius 3 is 2.78 bits per heavy atom. The number of H-pyrrole nitrogens is 1. The van der Waals surface area contributed by atoms with Crippen LogP contribution in [0.5, 0.6) is 0 Å². The van der Waals surface area contributed by atoms with Crippen LogP contribution in [0, 0.1) is 0 Å². The molecule has 0 bridgehead atoms. The van der Waals surface area contributed by atoms with E-state index in [1.165, 1.54) is 0 Å². The van der Waals surface area contributed by atoms with Crippen LogP contribution in [-0.2, 0) is 0 Å². The number of fused-ring (bicyclic) bond motifs is 2.